The Bertz CT molecular complexity index is 1540. The Hall–Kier alpha value is -4.09. The summed E-state index contributed by atoms with van der Waals surface area (Å²) in [5, 5.41) is 21.8. The van der Waals surface area contributed by atoms with Gasteiger partial charge in [-0.15, -0.1) is 0 Å². The van der Waals surface area contributed by atoms with Crippen LogP contribution < -0.4 is 5.32 Å². The highest BCUT2D eigenvalue weighted by Gasteiger charge is 2.38. The monoisotopic (exact) mass is 613 g/mol. The molecule has 9 nitrogen and oxygen atoms in total. The van der Waals surface area contributed by atoms with Crippen molar-refractivity contribution in [3.8, 4) is 11.1 Å². The highest BCUT2D eigenvalue weighted by Crippen LogP contribution is 2.43. The Labute approximate surface area is 260 Å². The fourth-order valence-electron chi connectivity index (χ4n) is 5.03. The van der Waals surface area contributed by atoms with Gasteiger partial charge in [0, 0.05) is 42.6 Å². The van der Waals surface area contributed by atoms with E-state index in [-0.39, 0.29) is 43.5 Å². The molecular weight excluding hydrogens is 578 g/mol. The Morgan fingerprint density at radius 1 is 0.864 bits per heavy atom. The Balaban J connectivity index is 1.31. The number of hydrogen-bond donors (Lipinski definition) is 3. The second-order valence-electron chi connectivity index (χ2n) is 10.7. The number of aliphatic hydroxyl groups is 1. The van der Waals surface area contributed by atoms with E-state index >= 15 is 0 Å². The summed E-state index contributed by atoms with van der Waals surface area (Å²) in [5.74, 6) is -0.574. The number of nitrogens with one attached hydrogen (secondary N) is 1. The molecule has 1 saturated heterocycles. The number of carbonyl (C=O) groups excluding carboxylic acids is 1. The third-order valence-corrected chi connectivity index (χ3v) is 8.51. The normalized spacial score (nSPS) is 19.8. The van der Waals surface area contributed by atoms with Crippen molar-refractivity contribution in [3.63, 3.8) is 0 Å². The van der Waals surface area contributed by atoms with E-state index in [1.165, 1.54) is 0 Å². The number of carboxylic acids is 1. The molecule has 4 aromatic rings. The Morgan fingerprint density at radius 2 is 1.59 bits per heavy atom. The molecule has 1 aromatic heterocycles. The van der Waals surface area contributed by atoms with Crippen molar-refractivity contribution in [2.45, 2.75) is 56.6 Å². The number of hydrogen-bond acceptors (Lipinski definition) is 8. The molecule has 1 aliphatic rings. The van der Waals surface area contributed by atoms with Crippen molar-refractivity contribution in [2.24, 2.45) is 5.92 Å². The number of rotatable bonds is 12. The minimum atomic E-state index is -0.993. The van der Waals surface area contributed by atoms with Crippen LogP contribution in [0.25, 0.3) is 11.1 Å². The van der Waals surface area contributed by atoms with Crippen LogP contribution in [0.3, 0.4) is 0 Å². The molecule has 228 valence electrons. The van der Waals surface area contributed by atoms with Gasteiger partial charge in [0.1, 0.15) is 0 Å². The van der Waals surface area contributed by atoms with Gasteiger partial charge in [0.15, 0.2) is 11.4 Å². The lowest BCUT2D eigenvalue weighted by molar-refractivity contribution is -0.268. The number of carboxylic acid groups (broad SMARTS) is 1. The fraction of sp³-hybridized carbons (Fsp3) is 0.294. The average molecular weight is 614 g/mol. The zero-order valence-corrected chi connectivity index (χ0v) is 25.2. The van der Waals surface area contributed by atoms with E-state index in [1.54, 1.807) is 30.2 Å². The van der Waals surface area contributed by atoms with Crippen molar-refractivity contribution in [2.75, 3.05) is 5.75 Å². The van der Waals surface area contributed by atoms with Gasteiger partial charge in [0.25, 0.3) is 0 Å². The highest BCUT2D eigenvalue weighted by atomic mass is 32.2. The maximum atomic E-state index is 11.9. The number of carbonyl (C=O) groups is 2. The van der Waals surface area contributed by atoms with E-state index < -0.39 is 12.3 Å². The summed E-state index contributed by atoms with van der Waals surface area (Å²) in [6.45, 7) is 2.43. The molecule has 0 aliphatic carbocycles. The number of aliphatic hydroxyl groups excluding tert-OH is 1. The first kappa shape index (κ1) is 31.3. The molecule has 44 heavy (non-hydrogen) atoms. The zero-order chi connectivity index (χ0) is 30.9. The van der Waals surface area contributed by atoms with Gasteiger partial charge >= 0.3 is 5.97 Å². The maximum Gasteiger partial charge on any atom is 0.303 e. The van der Waals surface area contributed by atoms with E-state index in [0.29, 0.717) is 17.5 Å². The van der Waals surface area contributed by atoms with Crippen molar-refractivity contribution in [1.29, 1.82) is 0 Å². The summed E-state index contributed by atoms with van der Waals surface area (Å²) < 4.78 is 13.1. The minimum absolute atomic E-state index is 0.0138. The molecular formula is C34H35N3O6S. The summed E-state index contributed by atoms with van der Waals surface area (Å²) in [4.78, 5) is 31.3. The van der Waals surface area contributed by atoms with Gasteiger partial charge in [-0.25, -0.2) is 9.97 Å². The van der Waals surface area contributed by atoms with E-state index in [1.807, 2.05) is 72.8 Å². The molecule has 3 aromatic carbocycles. The molecule has 1 amide bonds. The van der Waals surface area contributed by atoms with Crippen molar-refractivity contribution < 1.29 is 29.3 Å². The second-order valence-corrected chi connectivity index (χ2v) is 11.6. The zero-order valence-electron chi connectivity index (χ0n) is 24.3. The largest absolute Gasteiger partial charge is 0.481 e. The van der Waals surface area contributed by atoms with Crippen LogP contribution in [-0.4, -0.2) is 43.9 Å². The van der Waals surface area contributed by atoms with E-state index in [4.69, 9.17) is 14.6 Å². The quantitative estimate of drug-likeness (QED) is 0.136. The number of benzene rings is 3. The first-order chi connectivity index (χ1) is 21.4. The standard InChI is InChI=1S/C34H35N3O6S/c1-22-29(21-44-34-35-16-3-17-36-34)42-33(43-32(22)26-8-6-23(20-38)7-9-26)27-12-10-25(11-13-27)28-5-2-4-24(18-28)19-37-30(39)14-15-31(40)41/h2-13,16-18,22,29,32-33,38H,14-15,19-21H2,1H3,(H,37,39)(H,40,41)/t22-,29+,32+,33+/m1/s1. The molecule has 0 spiro atoms. The average Bonchev–Trinajstić information content (AvgIpc) is 3.06. The van der Waals surface area contributed by atoms with Crippen molar-refractivity contribution in [3.05, 3.63) is 114 Å². The van der Waals surface area contributed by atoms with Gasteiger partial charge in [0.05, 0.1) is 25.2 Å². The molecule has 10 heteroatoms. The third-order valence-electron chi connectivity index (χ3n) is 7.54. The molecule has 0 saturated carbocycles. The van der Waals surface area contributed by atoms with Gasteiger partial charge in [-0.1, -0.05) is 85.4 Å². The molecule has 1 aliphatic heterocycles. The minimum Gasteiger partial charge on any atom is -0.481 e. The lowest BCUT2D eigenvalue weighted by Gasteiger charge is -2.41. The third kappa shape index (κ3) is 8.29. The molecule has 2 heterocycles. The van der Waals surface area contributed by atoms with Crippen LogP contribution >= 0.6 is 11.8 Å². The maximum absolute atomic E-state index is 11.9. The number of nitrogens with zero attached hydrogens (tertiary/aromatic N) is 2. The number of aliphatic carboxylic acids is 1. The second kappa shape index (κ2) is 15.1. The summed E-state index contributed by atoms with van der Waals surface area (Å²) in [5.41, 5.74) is 5.68. The molecule has 0 unspecified atom stereocenters. The van der Waals surface area contributed by atoms with Crippen LogP contribution in [-0.2, 0) is 32.2 Å². The van der Waals surface area contributed by atoms with Crippen molar-refractivity contribution >= 4 is 23.6 Å². The number of ether oxygens (including phenoxy) is 2. The molecule has 4 atom stereocenters. The number of thioether (sulfide) groups is 1. The van der Waals surface area contributed by atoms with Crippen LogP contribution in [0.5, 0.6) is 0 Å². The molecule has 0 bridgehead atoms. The van der Waals surface area contributed by atoms with Crippen LogP contribution in [0.15, 0.2) is 96.4 Å². The fourth-order valence-corrected chi connectivity index (χ4v) is 6.00. The SMILES string of the molecule is C[C@@H]1[C@H](CSc2ncccn2)O[C@H](c2ccc(-c3cccc(CNC(=O)CCC(=O)O)c3)cc2)O[C@@H]1c1ccc(CO)cc1. The van der Waals surface area contributed by atoms with Crippen LogP contribution in [0.4, 0.5) is 0 Å². The van der Waals surface area contributed by atoms with Crippen LogP contribution in [0.2, 0.25) is 0 Å². The predicted molar refractivity (Wildman–Crippen MR) is 166 cm³/mol. The summed E-state index contributed by atoms with van der Waals surface area (Å²) in [7, 11) is 0. The number of aromatic nitrogens is 2. The number of amides is 1. The lowest BCUT2D eigenvalue weighted by atomic mass is 9.91. The van der Waals surface area contributed by atoms with Gasteiger partial charge in [-0.05, 0) is 39.9 Å². The summed E-state index contributed by atoms with van der Waals surface area (Å²) >= 11 is 1.55. The smallest absolute Gasteiger partial charge is 0.303 e. The predicted octanol–water partition coefficient (Wildman–Crippen LogP) is 5.70. The highest BCUT2D eigenvalue weighted by molar-refractivity contribution is 7.99. The Kier molecular flexibility index (Phi) is 10.7. The van der Waals surface area contributed by atoms with Crippen LogP contribution in [0.1, 0.15) is 54.4 Å². The topological polar surface area (TPSA) is 131 Å². The van der Waals surface area contributed by atoms with Crippen molar-refractivity contribution in [1.82, 2.24) is 15.3 Å². The Morgan fingerprint density at radius 3 is 2.30 bits per heavy atom. The van der Waals surface area contributed by atoms with E-state index in [9.17, 15) is 14.7 Å². The van der Waals surface area contributed by atoms with E-state index in [0.717, 1.165) is 33.4 Å². The molecule has 5 rings (SSSR count). The summed E-state index contributed by atoms with van der Waals surface area (Å²) in [6, 6.07) is 25.6. The first-order valence-electron chi connectivity index (χ1n) is 14.5. The molecule has 3 N–H and O–H groups in total. The van der Waals surface area contributed by atoms with Crippen LogP contribution in [0, 0.1) is 5.92 Å². The lowest BCUT2D eigenvalue weighted by Crippen LogP contribution is -2.38. The van der Waals surface area contributed by atoms with E-state index in [2.05, 4.69) is 22.2 Å². The molecule has 0 radical (unpaired) electrons. The van der Waals surface area contributed by atoms with Gasteiger partial charge in [-0.3, -0.25) is 9.59 Å². The van der Waals surface area contributed by atoms with Gasteiger partial charge < -0.3 is 25.0 Å². The molecule has 1 fully saturated rings. The first-order valence-corrected chi connectivity index (χ1v) is 15.5. The van der Waals surface area contributed by atoms with Gasteiger partial charge in [-0.2, -0.15) is 0 Å². The van der Waals surface area contributed by atoms with Gasteiger partial charge in [0.2, 0.25) is 5.91 Å². The summed E-state index contributed by atoms with van der Waals surface area (Å²) in [6.07, 6.45) is 2.29.